The van der Waals surface area contributed by atoms with Crippen molar-refractivity contribution in [3.63, 3.8) is 0 Å². The molecule has 2 atom stereocenters. The standard InChI is InChI=1S/C15H15N7O2/c16-12(24)10-6-9(23)7-22(10)15-11-14(20-21-19-11)17-13(18-15)8-4-2-1-3-5-8/h1-5,9-10,23H,6-7H2,(H2,16,24)(H,17,18,19,20,21)/t9-,10-/m0/s1. The first-order valence-corrected chi connectivity index (χ1v) is 7.51. The molecule has 1 amide bonds. The molecule has 1 aliphatic rings. The summed E-state index contributed by atoms with van der Waals surface area (Å²) in [5.41, 5.74) is 7.13. The van der Waals surface area contributed by atoms with Gasteiger partial charge in [-0.05, 0) is 0 Å². The molecule has 9 nitrogen and oxygen atoms in total. The third kappa shape index (κ3) is 2.35. The van der Waals surface area contributed by atoms with Gasteiger partial charge in [0.15, 0.2) is 17.2 Å². The molecule has 1 fully saturated rings. The number of anilines is 1. The zero-order valence-electron chi connectivity index (χ0n) is 12.6. The number of fused-ring (bicyclic) bond motifs is 1. The van der Waals surface area contributed by atoms with Crippen molar-refractivity contribution in [2.75, 3.05) is 11.4 Å². The fraction of sp³-hybridized carbons (Fsp3) is 0.267. The molecule has 0 spiro atoms. The Bertz CT molecular complexity index is 895. The summed E-state index contributed by atoms with van der Waals surface area (Å²) >= 11 is 0. The van der Waals surface area contributed by atoms with E-state index in [-0.39, 0.29) is 13.0 Å². The normalized spacial score (nSPS) is 20.6. The Balaban J connectivity index is 1.88. The summed E-state index contributed by atoms with van der Waals surface area (Å²) in [7, 11) is 0. The van der Waals surface area contributed by atoms with Crippen molar-refractivity contribution >= 4 is 22.9 Å². The van der Waals surface area contributed by atoms with Crippen LogP contribution < -0.4 is 10.6 Å². The molecule has 4 N–H and O–H groups in total. The van der Waals surface area contributed by atoms with Crippen LogP contribution in [0.25, 0.3) is 22.6 Å². The predicted molar refractivity (Wildman–Crippen MR) is 85.9 cm³/mol. The number of nitrogens with two attached hydrogens (primary N) is 1. The summed E-state index contributed by atoms with van der Waals surface area (Å²) in [6.07, 6.45) is -0.390. The summed E-state index contributed by atoms with van der Waals surface area (Å²) in [4.78, 5) is 22.4. The van der Waals surface area contributed by atoms with E-state index < -0.39 is 18.1 Å². The number of rotatable bonds is 3. The van der Waals surface area contributed by atoms with Crippen LogP contribution in [0.3, 0.4) is 0 Å². The molecular weight excluding hydrogens is 310 g/mol. The minimum absolute atomic E-state index is 0.251. The van der Waals surface area contributed by atoms with Crippen molar-refractivity contribution in [2.45, 2.75) is 18.6 Å². The maximum atomic E-state index is 11.7. The minimum atomic E-state index is -0.653. The number of carbonyl (C=O) groups is 1. The Morgan fingerprint density at radius 3 is 2.79 bits per heavy atom. The summed E-state index contributed by atoms with van der Waals surface area (Å²) in [5.74, 6) is 0.396. The maximum Gasteiger partial charge on any atom is 0.240 e. The summed E-state index contributed by atoms with van der Waals surface area (Å²) < 4.78 is 0. The first-order chi connectivity index (χ1) is 11.6. The average molecular weight is 325 g/mol. The van der Waals surface area contributed by atoms with Gasteiger partial charge in [0.25, 0.3) is 0 Å². The zero-order chi connectivity index (χ0) is 16.7. The SMILES string of the molecule is NC(=O)[C@@H]1C[C@H](O)CN1c1nc(-c2ccccc2)nc2n[nH]nc12. The van der Waals surface area contributed by atoms with Gasteiger partial charge < -0.3 is 15.7 Å². The lowest BCUT2D eigenvalue weighted by Gasteiger charge is -2.23. The number of aliphatic hydroxyl groups excluding tert-OH is 1. The van der Waals surface area contributed by atoms with Gasteiger partial charge in [-0.3, -0.25) is 4.79 Å². The highest BCUT2D eigenvalue weighted by Crippen LogP contribution is 2.30. The number of nitrogens with one attached hydrogen (secondary N) is 1. The summed E-state index contributed by atoms with van der Waals surface area (Å²) in [5, 5.41) is 20.6. The molecule has 0 unspecified atom stereocenters. The molecule has 2 aromatic heterocycles. The number of nitrogens with zero attached hydrogens (tertiary/aromatic N) is 5. The number of aliphatic hydroxyl groups is 1. The second kappa shape index (κ2) is 5.53. The monoisotopic (exact) mass is 325 g/mol. The number of primary amides is 1. The molecule has 0 saturated carbocycles. The molecule has 4 rings (SSSR count). The molecule has 3 aromatic rings. The van der Waals surface area contributed by atoms with E-state index in [1.165, 1.54) is 0 Å². The van der Waals surface area contributed by atoms with Crippen LogP contribution in [0.15, 0.2) is 30.3 Å². The van der Waals surface area contributed by atoms with Crippen LogP contribution in [-0.4, -0.2) is 55.1 Å². The highest BCUT2D eigenvalue weighted by atomic mass is 16.3. The van der Waals surface area contributed by atoms with Crippen molar-refractivity contribution in [1.82, 2.24) is 25.4 Å². The Labute approximate surface area is 136 Å². The van der Waals surface area contributed by atoms with Crippen molar-refractivity contribution < 1.29 is 9.90 Å². The number of benzene rings is 1. The van der Waals surface area contributed by atoms with E-state index in [1.54, 1.807) is 4.90 Å². The van der Waals surface area contributed by atoms with E-state index in [2.05, 4.69) is 25.4 Å². The van der Waals surface area contributed by atoms with Gasteiger partial charge >= 0.3 is 0 Å². The average Bonchev–Trinajstić information content (AvgIpc) is 3.21. The van der Waals surface area contributed by atoms with E-state index in [9.17, 15) is 9.90 Å². The smallest absolute Gasteiger partial charge is 0.240 e. The Hall–Kier alpha value is -3.07. The Morgan fingerprint density at radius 1 is 1.25 bits per heavy atom. The van der Waals surface area contributed by atoms with Gasteiger partial charge in [0.05, 0.1) is 6.10 Å². The van der Waals surface area contributed by atoms with E-state index in [0.29, 0.717) is 22.8 Å². The summed E-state index contributed by atoms with van der Waals surface area (Å²) in [6.45, 7) is 0.251. The topological polar surface area (TPSA) is 134 Å². The van der Waals surface area contributed by atoms with E-state index in [1.807, 2.05) is 30.3 Å². The van der Waals surface area contributed by atoms with Crippen LogP contribution in [0, 0.1) is 0 Å². The first kappa shape index (κ1) is 14.5. The van der Waals surface area contributed by atoms with Gasteiger partial charge in [0, 0.05) is 18.5 Å². The highest BCUT2D eigenvalue weighted by molar-refractivity contribution is 5.90. The Morgan fingerprint density at radius 2 is 2.04 bits per heavy atom. The second-order valence-electron chi connectivity index (χ2n) is 5.69. The lowest BCUT2D eigenvalue weighted by Crippen LogP contribution is -2.41. The largest absolute Gasteiger partial charge is 0.391 e. The minimum Gasteiger partial charge on any atom is -0.391 e. The number of amides is 1. The number of hydrogen-bond acceptors (Lipinski definition) is 7. The molecule has 1 aromatic carbocycles. The quantitative estimate of drug-likeness (QED) is 0.609. The van der Waals surface area contributed by atoms with Crippen LogP contribution >= 0.6 is 0 Å². The number of carbonyl (C=O) groups excluding carboxylic acids is 1. The second-order valence-corrected chi connectivity index (χ2v) is 5.69. The number of hydrogen-bond donors (Lipinski definition) is 3. The lowest BCUT2D eigenvalue weighted by atomic mass is 10.2. The van der Waals surface area contributed by atoms with Crippen LogP contribution in [0.1, 0.15) is 6.42 Å². The van der Waals surface area contributed by atoms with Gasteiger partial charge in [-0.1, -0.05) is 30.3 Å². The van der Waals surface area contributed by atoms with Crippen molar-refractivity contribution in [3.8, 4) is 11.4 Å². The summed E-state index contributed by atoms with van der Waals surface area (Å²) in [6, 6.07) is 8.80. The van der Waals surface area contributed by atoms with Crippen LogP contribution in [0.2, 0.25) is 0 Å². The molecule has 24 heavy (non-hydrogen) atoms. The number of β-amino-alcohol motifs (C(OH)–C–C–N with tert-alkyl or cyclic N) is 1. The van der Waals surface area contributed by atoms with Crippen molar-refractivity contribution in [3.05, 3.63) is 30.3 Å². The molecule has 3 heterocycles. The third-order valence-electron chi connectivity index (χ3n) is 4.08. The number of aromatic amines is 1. The molecule has 0 aliphatic carbocycles. The number of aromatic nitrogens is 5. The molecule has 9 heteroatoms. The van der Waals surface area contributed by atoms with E-state index in [0.717, 1.165) is 5.56 Å². The van der Waals surface area contributed by atoms with Crippen molar-refractivity contribution in [1.29, 1.82) is 0 Å². The molecular formula is C15H15N7O2. The highest BCUT2D eigenvalue weighted by Gasteiger charge is 2.37. The lowest BCUT2D eigenvalue weighted by molar-refractivity contribution is -0.119. The molecule has 0 radical (unpaired) electrons. The fourth-order valence-electron chi connectivity index (χ4n) is 2.97. The van der Waals surface area contributed by atoms with Gasteiger partial charge in [0.2, 0.25) is 11.6 Å². The van der Waals surface area contributed by atoms with Crippen LogP contribution in [0.4, 0.5) is 5.82 Å². The zero-order valence-corrected chi connectivity index (χ0v) is 12.6. The van der Waals surface area contributed by atoms with Gasteiger partial charge in [-0.25, -0.2) is 9.97 Å². The maximum absolute atomic E-state index is 11.7. The molecule has 1 saturated heterocycles. The van der Waals surface area contributed by atoms with Crippen LogP contribution in [-0.2, 0) is 4.79 Å². The Kier molecular flexibility index (Phi) is 3.35. The van der Waals surface area contributed by atoms with Gasteiger partial charge in [-0.2, -0.15) is 10.3 Å². The predicted octanol–water partition coefficient (Wildman–Crippen LogP) is -0.160. The first-order valence-electron chi connectivity index (χ1n) is 7.51. The third-order valence-corrected chi connectivity index (χ3v) is 4.08. The number of H-pyrrole nitrogens is 1. The fourth-order valence-corrected chi connectivity index (χ4v) is 2.97. The van der Waals surface area contributed by atoms with E-state index >= 15 is 0 Å². The van der Waals surface area contributed by atoms with Gasteiger partial charge in [0.1, 0.15) is 6.04 Å². The molecule has 122 valence electrons. The molecule has 0 bridgehead atoms. The van der Waals surface area contributed by atoms with Gasteiger partial charge in [-0.15, -0.1) is 5.10 Å². The van der Waals surface area contributed by atoms with E-state index in [4.69, 9.17) is 5.73 Å². The molecule has 1 aliphatic heterocycles. The van der Waals surface area contributed by atoms with Crippen molar-refractivity contribution in [2.24, 2.45) is 5.73 Å². The van der Waals surface area contributed by atoms with Crippen LogP contribution in [0.5, 0.6) is 0 Å².